The van der Waals surface area contributed by atoms with E-state index in [-0.39, 0.29) is 11.4 Å². The van der Waals surface area contributed by atoms with Crippen molar-refractivity contribution in [2.45, 2.75) is 38.6 Å². The Bertz CT molecular complexity index is 308. The number of amides is 1. The number of hydrogen-bond acceptors (Lipinski definition) is 3. The summed E-state index contributed by atoms with van der Waals surface area (Å²) in [6.07, 6.45) is 3.64. The third-order valence-corrected chi connectivity index (χ3v) is 3.06. The van der Waals surface area contributed by atoms with Crippen LogP contribution in [0.5, 0.6) is 0 Å². The minimum absolute atomic E-state index is 0.0154. The van der Waals surface area contributed by atoms with Crippen LogP contribution in [-0.4, -0.2) is 28.2 Å². The molecule has 0 bridgehead atoms. The van der Waals surface area contributed by atoms with Gasteiger partial charge in [0.25, 0.3) is 0 Å². The average molecular weight is 224 g/mol. The van der Waals surface area contributed by atoms with Gasteiger partial charge in [-0.15, -0.1) is 0 Å². The highest BCUT2D eigenvalue weighted by atomic mass is 16.1. The number of nitrogens with one attached hydrogen (secondary N) is 2. The lowest BCUT2D eigenvalue weighted by Gasteiger charge is -2.31. The van der Waals surface area contributed by atoms with Crippen molar-refractivity contribution in [1.82, 2.24) is 15.5 Å². The SMILES string of the molecule is CCC(CC)(CN)NC(=O)Cc1ccn[nH]1. The van der Waals surface area contributed by atoms with Gasteiger partial charge < -0.3 is 11.1 Å². The Morgan fingerprint density at radius 1 is 1.56 bits per heavy atom. The lowest BCUT2D eigenvalue weighted by molar-refractivity contribution is -0.122. The molecule has 16 heavy (non-hydrogen) atoms. The summed E-state index contributed by atoms with van der Waals surface area (Å²) in [5, 5.41) is 9.57. The Kier molecular flexibility index (Phi) is 4.49. The van der Waals surface area contributed by atoms with Gasteiger partial charge in [-0.1, -0.05) is 13.8 Å². The van der Waals surface area contributed by atoms with Crippen LogP contribution in [0.25, 0.3) is 0 Å². The lowest BCUT2D eigenvalue weighted by Crippen LogP contribution is -2.53. The standard InChI is InChI=1S/C11H20N4O/c1-3-11(4-2,8-12)14-10(16)7-9-5-6-13-15-9/h5-6H,3-4,7-8,12H2,1-2H3,(H,13,15)(H,14,16). The lowest BCUT2D eigenvalue weighted by atomic mass is 9.92. The van der Waals surface area contributed by atoms with Gasteiger partial charge in [-0.3, -0.25) is 9.89 Å². The molecule has 4 N–H and O–H groups in total. The van der Waals surface area contributed by atoms with Crippen LogP contribution in [0.4, 0.5) is 0 Å². The van der Waals surface area contributed by atoms with E-state index in [1.807, 2.05) is 13.8 Å². The maximum absolute atomic E-state index is 11.8. The third-order valence-electron chi connectivity index (χ3n) is 3.06. The Morgan fingerprint density at radius 3 is 2.69 bits per heavy atom. The number of carbonyl (C=O) groups excluding carboxylic acids is 1. The normalized spacial score (nSPS) is 11.4. The first-order valence-corrected chi connectivity index (χ1v) is 5.65. The van der Waals surface area contributed by atoms with Crippen LogP contribution in [-0.2, 0) is 11.2 Å². The fourth-order valence-electron chi connectivity index (χ4n) is 1.66. The highest BCUT2D eigenvalue weighted by Gasteiger charge is 2.26. The van der Waals surface area contributed by atoms with E-state index in [1.54, 1.807) is 12.3 Å². The van der Waals surface area contributed by atoms with Crippen LogP contribution in [0, 0.1) is 0 Å². The van der Waals surface area contributed by atoms with Gasteiger partial charge in [0.2, 0.25) is 5.91 Å². The molecular formula is C11H20N4O. The molecule has 1 rings (SSSR count). The molecule has 1 heterocycles. The quantitative estimate of drug-likeness (QED) is 0.661. The second kappa shape index (κ2) is 5.65. The summed E-state index contributed by atoms with van der Waals surface area (Å²) in [6.45, 7) is 4.54. The molecule has 0 aromatic carbocycles. The molecule has 0 radical (unpaired) electrons. The zero-order chi connectivity index (χ0) is 12.0. The number of H-pyrrole nitrogens is 1. The summed E-state index contributed by atoms with van der Waals surface area (Å²) in [4.78, 5) is 11.8. The first-order chi connectivity index (χ1) is 7.65. The number of carbonyl (C=O) groups is 1. The smallest absolute Gasteiger partial charge is 0.226 e. The summed E-state index contributed by atoms with van der Waals surface area (Å²) in [5.41, 5.74) is 6.26. The van der Waals surface area contributed by atoms with Crippen molar-refractivity contribution in [3.63, 3.8) is 0 Å². The van der Waals surface area contributed by atoms with Crippen molar-refractivity contribution in [3.05, 3.63) is 18.0 Å². The van der Waals surface area contributed by atoms with Gasteiger partial charge in [0, 0.05) is 18.4 Å². The molecule has 0 aliphatic heterocycles. The Labute approximate surface area is 95.8 Å². The largest absolute Gasteiger partial charge is 0.349 e. The van der Waals surface area contributed by atoms with Gasteiger partial charge in [0.1, 0.15) is 0 Å². The van der Waals surface area contributed by atoms with E-state index < -0.39 is 0 Å². The van der Waals surface area contributed by atoms with E-state index >= 15 is 0 Å². The Morgan fingerprint density at radius 2 is 2.25 bits per heavy atom. The monoisotopic (exact) mass is 224 g/mol. The predicted molar refractivity (Wildman–Crippen MR) is 62.8 cm³/mol. The molecule has 0 aliphatic carbocycles. The molecule has 1 amide bonds. The summed E-state index contributed by atoms with van der Waals surface area (Å²) >= 11 is 0. The van der Waals surface area contributed by atoms with Gasteiger partial charge in [-0.2, -0.15) is 5.10 Å². The molecule has 0 saturated heterocycles. The molecule has 0 unspecified atom stereocenters. The highest BCUT2D eigenvalue weighted by molar-refractivity contribution is 5.78. The topological polar surface area (TPSA) is 83.8 Å². The molecule has 5 nitrogen and oxygen atoms in total. The zero-order valence-corrected chi connectivity index (χ0v) is 9.92. The summed E-state index contributed by atoms with van der Waals surface area (Å²) < 4.78 is 0. The van der Waals surface area contributed by atoms with Gasteiger partial charge in [-0.25, -0.2) is 0 Å². The van der Waals surface area contributed by atoms with E-state index in [0.717, 1.165) is 18.5 Å². The van der Waals surface area contributed by atoms with E-state index in [4.69, 9.17) is 5.73 Å². The molecule has 0 fully saturated rings. The van der Waals surface area contributed by atoms with Crippen LogP contribution in [0.3, 0.4) is 0 Å². The fraction of sp³-hybridized carbons (Fsp3) is 0.636. The van der Waals surface area contributed by atoms with Crippen molar-refractivity contribution >= 4 is 5.91 Å². The molecule has 90 valence electrons. The predicted octanol–water partition coefficient (Wildman–Crippen LogP) is 0.586. The second-order valence-electron chi connectivity index (χ2n) is 4.00. The fourth-order valence-corrected chi connectivity index (χ4v) is 1.66. The number of aromatic amines is 1. The van der Waals surface area contributed by atoms with Crippen molar-refractivity contribution in [2.75, 3.05) is 6.54 Å². The van der Waals surface area contributed by atoms with Crippen molar-refractivity contribution in [2.24, 2.45) is 5.73 Å². The average Bonchev–Trinajstić information content (AvgIpc) is 2.79. The van der Waals surface area contributed by atoms with E-state index in [9.17, 15) is 4.79 Å². The van der Waals surface area contributed by atoms with Crippen LogP contribution in [0.15, 0.2) is 12.3 Å². The summed E-state index contributed by atoms with van der Waals surface area (Å²) in [6, 6.07) is 1.79. The maximum Gasteiger partial charge on any atom is 0.226 e. The molecule has 0 aliphatic rings. The molecule has 0 saturated carbocycles. The Balaban J connectivity index is 2.55. The first kappa shape index (κ1) is 12.7. The second-order valence-corrected chi connectivity index (χ2v) is 4.00. The van der Waals surface area contributed by atoms with Crippen LogP contribution < -0.4 is 11.1 Å². The Hall–Kier alpha value is -1.36. The molecule has 1 aromatic rings. The van der Waals surface area contributed by atoms with E-state index in [0.29, 0.717) is 13.0 Å². The van der Waals surface area contributed by atoms with Gasteiger partial charge in [0.15, 0.2) is 0 Å². The highest BCUT2D eigenvalue weighted by Crippen LogP contribution is 2.13. The van der Waals surface area contributed by atoms with Crippen molar-refractivity contribution in [3.8, 4) is 0 Å². The number of nitrogens with zero attached hydrogens (tertiary/aromatic N) is 1. The third kappa shape index (κ3) is 3.06. The molecule has 1 aromatic heterocycles. The van der Waals surface area contributed by atoms with Crippen LogP contribution in [0.2, 0.25) is 0 Å². The first-order valence-electron chi connectivity index (χ1n) is 5.65. The molecule has 5 heteroatoms. The number of aromatic nitrogens is 2. The summed E-state index contributed by atoms with van der Waals surface area (Å²) in [7, 11) is 0. The number of rotatable bonds is 6. The molecule has 0 spiro atoms. The maximum atomic E-state index is 11.8. The number of nitrogens with two attached hydrogens (primary N) is 1. The van der Waals surface area contributed by atoms with Crippen LogP contribution >= 0.6 is 0 Å². The summed E-state index contributed by atoms with van der Waals surface area (Å²) in [5.74, 6) is -0.0154. The van der Waals surface area contributed by atoms with E-state index in [2.05, 4.69) is 15.5 Å². The van der Waals surface area contributed by atoms with Crippen molar-refractivity contribution in [1.29, 1.82) is 0 Å². The number of hydrogen-bond donors (Lipinski definition) is 3. The zero-order valence-electron chi connectivity index (χ0n) is 9.92. The van der Waals surface area contributed by atoms with Crippen LogP contribution in [0.1, 0.15) is 32.4 Å². The minimum atomic E-state index is -0.267. The molecule has 0 atom stereocenters. The molecular weight excluding hydrogens is 204 g/mol. The van der Waals surface area contributed by atoms with Gasteiger partial charge in [0.05, 0.1) is 12.0 Å². The van der Waals surface area contributed by atoms with E-state index in [1.165, 1.54) is 0 Å². The van der Waals surface area contributed by atoms with Gasteiger partial charge >= 0.3 is 0 Å². The minimum Gasteiger partial charge on any atom is -0.349 e. The van der Waals surface area contributed by atoms with Gasteiger partial charge in [-0.05, 0) is 18.9 Å². The van der Waals surface area contributed by atoms with Crippen molar-refractivity contribution < 1.29 is 4.79 Å².